The van der Waals surface area contributed by atoms with Crippen molar-refractivity contribution in [1.29, 1.82) is 0 Å². The first-order valence-corrected chi connectivity index (χ1v) is 5.74. The van der Waals surface area contributed by atoms with E-state index in [0.29, 0.717) is 23.2 Å². The van der Waals surface area contributed by atoms with Gasteiger partial charge in [-0.3, -0.25) is 4.79 Å². The molecule has 16 heavy (non-hydrogen) atoms. The van der Waals surface area contributed by atoms with Crippen LogP contribution in [0.4, 0.5) is 0 Å². The summed E-state index contributed by atoms with van der Waals surface area (Å²) < 4.78 is 5.65. The molecule has 1 saturated heterocycles. The Bertz CT molecular complexity index is 433. The maximum atomic E-state index is 11.1. The molecule has 1 heterocycles. The van der Waals surface area contributed by atoms with E-state index >= 15 is 0 Å². The number of phenolic OH excluding ortho intramolecular Hbond substituents is 1. The Morgan fingerprint density at radius 3 is 2.88 bits per heavy atom. The largest absolute Gasteiger partial charge is 0.503 e. The number of hydrogen-bond acceptors (Lipinski definition) is 3. The van der Waals surface area contributed by atoms with Crippen LogP contribution in [0.5, 0.6) is 11.5 Å². The number of hydrogen-bond donors (Lipinski definition) is 2. The molecule has 5 heteroatoms. The minimum atomic E-state index is 0.0631. The zero-order chi connectivity index (χ0) is 11.7. The Kier molecular flexibility index (Phi) is 3.05. The fraction of sp³-hybridized carbons (Fsp3) is 0.364. The van der Waals surface area contributed by atoms with Crippen LogP contribution < -0.4 is 10.1 Å². The summed E-state index contributed by atoms with van der Waals surface area (Å²) >= 11 is 3.26. The fourth-order valence-electron chi connectivity index (χ4n) is 1.83. The van der Waals surface area contributed by atoms with E-state index in [2.05, 4.69) is 21.2 Å². The molecular weight excluding hydrogens is 274 g/mol. The summed E-state index contributed by atoms with van der Waals surface area (Å²) in [7, 11) is 1.50. The molecule has 1 aliphatic rings. The average molecular weight is 286 g/mol. The van der Waals surface area contributed by atoms with Crippen LogP contribution in [0.25, 0.3) is 0 Å². The van der Waals surface area contributed by atoms with Crippen LogP contribution in [0.2, 0.25) is 0 Å². The van der Waals surface area contributed by atoms with Crippen molar-refractivity contribution in [2.24, 2.45) is 0 Å². The van der Waals surface area contributed by atoms with E-state index in [4.69, 9.17) is 4.74 Å². The molecule has 0 radical (unpaired) electrons. The molecule has 1 amide bonds. The van der Waals surface area contributed by atoms with E-state index in [1.54, 1.807) is 6.07 Å². The predicted molar refractivity (Wildman–Crippen MR) is 62.7 cm³/mol. The topological polar surface area (TPSA) is 58.6 Å². The Hall–Kier alpha value is -1.23. The van der Waals surface area contributed by atoms with E-state index in [0.717, 1.165) is 5.56 Å². The second-order valence-electron chi connectivity index (χ2n) is 3.76. The van der Waals surface area contributed by atoms with Gasteiger partial charge >= 0.3 is 0 Å². The van der Waals surface area contributed by atoms with Gasteiger partial charge in [-0.2, -0.15) is 0 Å². The highest BCUT2D eigenvalue weighted by Crippen LogP contribution is 2.38. The van der Waals surface area contributed by atoms with Gasteiger partial charge in [0.1, 0.15) is 0 Å². The van der Waals surface area contributed by atoms with Crippen molar-refractivity contribution in [3.8, 4) is 11.5 Å². The Labute approximate surface area is 102 Å². The SMILES string of the molecule is COc1cc(C2CNC(=O)C2)cc(Br)c1O. The van der Waals surface area contributed by atoms with Gasteiger partial charge in [-0.05, 0) is 33.6 Å². The van der Waals surface area contributed by atoms with Crippen LogP contribution in [0, 0.1) is 0 Å². The van der Waals surface area contributed by atoms with Crippen LogP contribution in [0.3, 0.4) is 0 Å². The molecule has 1 fully saturated rings. The second kappa shape index (κ2) is 4.33. The average Bonchev–Trinajstić information content (AvgIpc) is 2.69. The van der Waals surface area contributed by atoms with Gasteiger partial charge in [0.05, 0.1) is 11.6 Å². The smallest absolute Gasteiger partial charge is 0.220 e. The zero-order valence-corrected chi connectivity index (χ0v) is 10.4. The maximum absolute atomic E-state index is 11.1. The first-order chi connectivity index (χ1) is 7.61. The number of methoxy groups -OCH3 is 1. The van der Waals surface area contributed by atoms with E-state index in [-0.39, 0.29) is 17.6 Å². The lowest BCUT2D eigenvalue weighted by molar-refractivity contribution is -0.119. The number of halogens is 1. The normalized spacial score (nSPS) is 19.6. The van der Waals surface area contributed by atoms with Gasteiger partial charge in [-0.15, -0.1) is 0 Å². The number of phenols is 1. The van der Waals surface area contributed by atoms with Gasteiger partial charge in [0.25, 0.3) is 0 Å². The summed E-state index contributed by atoms with van der Waals surface area (Å²) in [5, 5.41) is 12.4. The molecular formula is C11H12BrNO3. The summed E-state index contributed by atoms with van der Waals surface area (Å²) in [6, 6.07) is 3.59. The quantitative estimate of drug-likeness (QED) is 0.871. The van der Waals surface area contributed by atoms with Crippen LogP contribution in [0.1, 0.15) is 17.9 Å². The number of benzene rings is 1. The van der Waals surface area contributed by atoms with E-state index < -0.39 is 0 Å². The van der Waals surface area contributed by atoms with Gasteiger partial charge < -0.3 is 15.2 Å². The molecule has 0 aliphatic carbocycles. The Morgan fingerprint density at radius 2 is 2.31 bits per heavy atom. The van der Waals surface area contributed by atoms with Crippen LogP contribution in [0.15, 0.2) is 16.6 Å². The van der Waals surface area contributed by atoms with Crippen molar-refractivity contribution in [3.63, 3.8) is 0 Å². The molecule has 0 bridgehead atoms. The number of nitrogens with one attached hydrogen (secondary N) is 1. The first kappa shape index (κ1) is 11.3. The van der Waals surface area contributed by atoms with Crippen LogP contribution >= 0.6 is 15.9 Å². The lowest BCUT2D eigenvalue weighted by atomic mass is 9.98. The van der Waals surface area contributed by atoms with Gasteiger partial charge in [-0.25, -0.2) is 0 Å². The molecule has 1 aromatic rings. The molecule has 0 aromatic heterocycles. The van der Waals surface area contributed by atoms with Gasteiger partial charge in [0.15, 0.2) is 11.5 Å². The second-order valence-corrected chi connectivity index (χ2v) is 4.61. The highest BCUT2D eigenvalue weighted by Gasteiger charge is 2.24. The summed E-state index contributed by atoms with van der Waals surface area (Å²) in [6.07, 6.45) is 0.486. The molecule has 1 unspecified atom stereocenters. The minimum Gasteiger partial charge on any atom is -0.503 e. The van der Waals surface area contributed by atoms with Crippen molar-refractivity contribution in [2.45, 2.75) is 12.3 Å². The fourth-order valence-corrected chi connectivity index (χ4v) is 2.29. The number of carbonyl (C=O) groups excluding carboxylic acids is 1. The van der Waals surface area contributed by atoms with E-state index in [1.165, 1.54) is 7.11 Å². The van der Waals surface area contributed by atoms with Crippen LogP contribution in [-0.4, -0.2) is 24.7 Å². The molecule has 86 valence electrons. The molecule has 1 aromatic carbocycles. The Balaban J connectivity index is 2.35. The summed E-state index contributed by atoms with van der Waals surface area (Å²) in [6.45, 7) is 0.638. The lowest BCUT2D eigenvalue weighted by Gasteiger charge is -2.12. The van der Waals surface area contributed by atoms with Crippen LogP contribution in [-0.2, 0) is 4.79 Å². The first-order valence-electron chi connectivity index (χ1n) is 4.95. The molecule has 1 atom stereocenters. The lowest BCUT2D eigenvalue weighted by Crippen LogP contribution is -2.13. The molecule has 0 saturated carbocycles. The number of aromatic hydroxyl groups is 1. The summed E-state index contributed by atoms with van der Waals surface area (Å²) in [4.78, 5) is 11.1. The van der Waals surface area contributed by atoms with Crippen molar-refractivity contribution >= 4 is 21.8 Å². The van der Waals surface area contributed by atoms with Gasteiger partial charge in [0.2, 0.25) is 5.91 Å². The zero-order valence-electron chi connectivity index (χ0n) is 8.79. The highest BCUT2D eigenvalue weighted by atomic mass is 79.9. The molecule has 1 aliphatic heterocycles. The number of rotatable bonds is 2. The Morgan fingerprint density at radius 1 is 1.56 bits per heavy atom. The van der Waals surface area contributed by atoms with Gasteiger partial charge in [-0.1, -0.05) is 0 Å². The predicted octanol–water partition coefficient (Wildman–Crippen LogP) is 1.77. The van der Waals surface area contributed by atoms with Crippen molar-refractivity contribution in [2.75, 3.05) is 13.7 Å². The van der Waals surface area contributed by atoms with Crippen molar-refractivity contribution in [1.82, 2.24) is 5.32 Å². The third-order valence-corrected chi connectivity index (χ3v) is 3.32. The van der Waals surface area contributed by atoms with Gasteiger partial charge in [0, 0.05) is 18.9 Å². The molecule has 2 N–H and O–H groups in total. The minimum absolute atomic E-state index is 0.0631. The number of carbonyl (C=O) groups is 1. The maximum Gasteiger partial charge on any atom is 0.220 e. The third kappa shape index (κ3) is 2.00. The summed E-state index contributed by atoms with van der Waals surface area (Å²) in [5.41, 5.74) is 0.986. The monoisotopic (exact) mass is 285 g/mol. The molecule has 0 spiro atoms. The van der Waals surface area contributed by atoms with E-state index in [1.807, 2.05) is 6.07 Å². The van der Waals surface area contributed by atoms with Crippen molar-refractivity contribution in [3.05, 3.63) is 22.2 Å². The highest BCUT2D eigenvalue weighted by molar-refractivity contribution is 9.10. The molecule has 4 nitrogen and oxygen atoms in total. The summed E-state index contributed by atoms with van der Waals surface area (Å²) in [5.74, 6) is 0.721. The number of ether oxygens (including phenoxy) is 1. The van der Waals surface area contributed by atoms with E-state index in [9.17, 15) is 9.90 Å². The number of amides is 1. The molecule has 2 rings (SSSR count). The third-order valence-electron chi connectivity index (χ3n) is 2.72. The standard InChI is InChI=1S/C11H12BrNO3/c1-16-9-3-6(2-8(12)11(9)15)7-4-10(14)13-5-7/h2-3,7,15H,4-5H2,1H3,(H,13,14). The van der Waals surface area contributed by atoms with Crippen molar-refractivity contribution < 1.29 is 14.6 Å².